The number of carbonyl (C=O) groups excluding carboxylic acids is 1. The van der Waals surface area contributed by atoms with E-state index in [9.17, 15) is 4.79 Å². The van der Waals surface area contributed by atoms with Gasteiger partial charge < -0.3 is 18.6 Å². The van der Waals surface area contributed by atoms with E-state index in [4.69, 9.17) is 18.6 Å². The van der Waals surface area contributed by atoms with Gasteiger partial charge in [-0.05, 0) is 24.1 Å². The molecule has 22 heavy (non-hydrogen) atoms. The van der Waals surface area contributed by atoms with Gasteiger partial charge in [0.05, 0.1) is 33.2 Å². The molecule has 0 fully saturated rings. The molecule has 1 aliphatic rings. The van der Waals surface area contributed by atoms with Gasteiger partial charge in [0.25, 0.3) is 0 Å². The SMILES string of the molecule is COc1cc(-c2coc3c2C(=O)CCC3)cc(OC)c1OC. The van der Waals surface area contributed by atoms with Crippen molar-refractivity contribution in [1.82, 2.24) is 0 Å². The van der Waals surface area contributed by atoms with E-state index in [0.717, 1.165) is 29.7 Å². The van der Waals surface area contributed by atoms with E-state index in [-0.39, 0.29) is 5.78 Å². The van der Waals surface area contributed by atoms with Crippen LogP contribution >= 0.6 is 0 Å². The molecule has 0 aliphatic heterocycles. The summed E-state index contributed by atoms with van der Waals surface area (Å²) in [6, 6.07) is 3.66. The molecule has 5 heteroatoms. The van der Waals surface area contributed by atoms with Gasteiger partial charge in [0, 0.05) is 18.4 Å². The van der Waals surface area contributed by atoms with Crippen LogP contribution in [-0.2, 0) is 6.42 Å². The molecule has 2 aromatic rings. The molecule has 0 spiro atoms. The van der Waals surface area contributed by atoms with Crippen LogP contribution in [-0.4, -0.2) is 27.1 Å². The van der Waals surface area contributed by atoms with Gasteiger partial charge in [-0.1, -0.05) is 0 Å². The summed E-state index contributed by atoms with van der Waals surface area (Å²) in [6.45, 7) is 0. The highest BCUT2D eigenvalue weighted by Crippen LogP contribution is 2.43. The molecular weight excluding hydrogens is 284 g/mol. The van der Waals surface area contributed by atoms with Gasteiger partial charge in [0.1, 0.15) is 5.76 Å². The second kappa shape index (κ2) is 5.75. The quantitative estimate of drug-likeness (QED) is 0.865. The monoisotopic (exact) mass is 302 g/mol. The lowest BCUT2D eigenvalue weighted by Crippen LogP contribution is -2.09. The molecule has 0 unspecified atom stereocenters. The smallest absolute Gasteiger partial charge is 0.203 e. The van der Waals surface area contributed by atoms with Crippen molar-refractivity contribution >= 4 is 5.78 Å². The number of ketones is 1. The second-order valence-corrected chi connectivity index (χ2v) is 5.14. The Kier molecular flexibility index (Phi) is 3.79. The van der Waals surface area contributed by atoms with Crippen LogP contribution in [0.25, 0.3) is 11.1 Å². The van der Waals surface area contributed by atoms with Crippen LogP contribution in [0.15, 0.2) is 22.8 Å². The summed E-state index contributed by atoms with van der Waals surface area (Å²) in [7, 11) is 4.69. The van der Waals surface area contributed by atoms with E-state index in [1.54, 1.807) is 27.6 Å². The number of methoxy groups -OCH3 is 3. The van der Waals surface area contributed by atoms with Gasteiger partial charge in [0.15, 0.2) is 17.3 Å². The van der Waals surface area contributed by atoms with Crippen molar-refractivity contribution in [2.45, 2.75) is 19.3 Å². The number of fused-ring (bicyclic) bond motifs is 1. The van der Waals surface area contributed by atoms with Crippen LogP contribution < -0.4 is 14.2 Å². The fourth-order valence-electron chi connectivity index (χ4n) is 2.87. The van der Waals surface area contributed by atoms with Gasteiger partial charge in [-0.2, -0.15) is 0 Å². The Morgan fingerprint density at radius 1 is 1.00 bits per heavy atom. The number of rotatable bonds is 4. The maximum Gasteiger partial charge on any atom is 0.203 e. The average Bonchev–Trinajstić information content (AvgIpc) is 2.98. The summed E-state index contributed by atoms with van der Waals surface area (Å²) in [5.41, 5.74) is 2.27. The first-order chi connectivity index (χ1) is 10.7. The Labute approximate surface area is 128 Å². The van der Waals surface area contributed by atoms with Crippen molar-refractivity contribution in [2.24, 2.45) is 0 Å². The highest BCUT2D eigenvalue weighted by atomic mass is 16.5. The molecule has 1 aliphatic carbocycles. The van der Waals surface area contributed by atoms with E-state index < -0.39 is 0 Å². The fraction of sp³-hybridized carbons (Fsp3) is 0.353. The van der Waals surface area contributed by atoms with E-state index in [0.29, 0.717) is 29.2 Å². The summed E-state index contributed by atoms with van der Waals surface area (Å²) in [5, 5.41) is 0. The van der Waals surface area contributed by atoms with Crippen LogP contribution in [0.2, 0.25) is 0 Å². The Bertz CT molecular complexity index is 689. The molecule has 5 nitrogen and oxygen atoms in total. The third kappa shape index (κ3) is 2.22. The molecule has 1 aromatic carbocycles. The molecule has 116 valence electrons. The normalized spacial score (nSPS) is 13.7. The zero-order chi connectivity index (χ0) is 15.7. The maximum atomic E-state index is 12.2. The highest BCUT2D eigenvalue weighted by Gasteiger charge is 2.26. The van der Waals surface area contributed by atoms with E-state index >= 15 is 0 Å². The molecule has 0 saturated heterocycles. The second-order valence-electron chi connectivity index (χ2n) is 5.14. The van der Waals surface area contributed by atoms with Crippen LogP contribution in [0.4, 0.5) is 0 Å². The largest absolute Gasteiger partial charge is 0.493 e. The van der Waals surface area contributed by atoms with Gasteiger partial charge in [0.2, 0.25) is 5.75 Å². The Hall–Kier alpha value is -2.43. The van der Waals surface area contributed by atoms with Crippen LogP contribution in [0.1, 0.15) is 29.0 Å². The molecule has 0 N–H and O–H groups in total. The Balaban J connectivity index is 2.17. The first kappa shape index (κ1) is 14.5. The van der Waals surface area contributed by atoms with Crippen molar-refractivity contribution in [3.8, 4) is 28.4 Å². The standard InChI is InChI=1S/C17H18O5/c1-19-14-7-10(8-15(20-2)17(14)21-3)11-9-22-13-6-4-5-12(18)16(11)13/h7-9H,4-6H2,1-3H3. The lowest BCUT2D eigenvalue weighted by molar-refractivity contribution is 0.0970. The lowest BCUT2D eigenvalue weighted by atomic mass is 9.91. The summed E-state index contributed by atoms with van der Waals surface area (Å²) >= 11 is 0. The molecule has 0 radical (unpaired) electrons. The molecule has 1 aromatic heterocycles. The number of Topliss-reactive ketones (excluding diaryl/α,β-unsaturated/α-hetero) is 1. The first-order valence-electron chi connectivity index (χ1n) is 7.13. The summed E-state index contributed by atoms with van der Waals surface area (Å²) in [5.74, 6) is 2.52. The van der Waals surface area contributed by atoms with Crippen molar-refractivity contribution in [3.63, 3.8) is 0 Å². The predicted octanol–water partition coefficient (Wildman–Crippen LogP) is 3.49. The predicted molar refractivity (Wildman–Crippen MR) is 81.1 cm³/mol. The molecule has 1 heterocycles. The van der Waals surface area contributed by atoms with Crippen molar-refractivity contribution in [2.75, 3.05) is 21.3 Å². The fourth-order valence-corrected chi connectivity index (χ4v) is 2.87. The van der Waals surface area contributed by atoms with Crippen molar-refractivity contribution < 1.29 is 23.4 Å². The van der Waals surface area contributed by atoms with Crippen molar-refractivity contribution in [1.29, 1.82) is 0 Å². The minimum Gasteiger partial charge on any atom is -0.493 e. The molecule has 0 atom stereocenters. The molecule has 0 bridgehead atoms. The molecule has 0 saturated carbocycles. The number of furan rings is 1. The van der Waals surface area contributed by atoms with Crippen LogP contribution in [0.5, 0.6) is 17.2 Å². The van der Waals surface area contributed by atoms with Crippen molar-refractivity contribution in [3.05, 3.63) is 29.7 Å². The molecule has 3 rings (SSSR count). The number of aryl methyl sites for hydroxylation is 1. The summed E-state index contributed by atoms with van der Waals surface area (Å²) < 4.78 is 21.6. The number of hydrogen-bond acceptors (Lipinski definition) is 5. The molecule has 0 amide bonds. The third-order valence-electron chi connectivity index (χ3n) is 3.93. The first-order valence-corrected chi connectivity index (χ1v) is 7.13. The summed E-state index contributed by atoms with van der Waals surface area (Å²) in [6.07, 6.45) is 3.83. The zero-order valence-electron chi connectivity index (χ0n) is 12.9. The topological polar surface area (TPSA) is 57.9 Å². The minimum atomic E-state index is 0.124. The number of ether oxygens (including phenoxy) is 3. The maximum absolute atomic E-state index is 12.2. The highest BCUT2D eigenvalue weighted by molar-refractivity contribution is 6.04. The molecular formula is C17H18O5. The Morgan fingerprint density at radius 3 is 2.27 bits per heavy atom. The van der Waals surface area contributed by atoms with E-state index in [1.165, 1.54) is 0 Å². The van der Waals surface area contributed by atoms with Gasteiger partial charge in [-0.3, -0.25) is 4.79 Å². The average molecular weight is 302 g/mol. The van der Waals surface area contributed by atoms with Crippen LogP contribution in [0, 0.1) is 0 Å². The summed E-state index contributed by atoms with van der Waals surface area (Å²) in [4.78, 5) is 12.2. The van der Waals surface area contributed by atoms with Gasteiger partial charge >= 0.3 is 0 Å². The van der Waals surface area contributed by atoms with E-state index in [2.05, 4.69) is 0 Å². The lowest BCUT2D eigenvalue weighted by Gasteiger charge is -2.15. The number of hydrogen-bond donors (Lipinski definition) is 0. The van der Waals surface area contributed by atoms with Crippen LogP contribution in [0.3, 0.4) is 0 Å². The zero-order valence-corrected chi connectivity index (χ0v) is 12.9. The number of carbonyl (C=O) groups is 1. The third-order valence-corrected chi connectivity index (χ3v) is 3.93. The van der Waals surface area contributed by atoms with Gasteiger partial charge in [-0.25, -0.2) is 0 Å². The minimum absolute atomic E-state index is 0.124. The van der Waals surface area contributed by atoms with Gasteiger partial charge in [-0.15, -0.1) is 0 Å². The van der Waals surface area contributed by atoms with E-state index in [1.807, 2.05) is 12.1 Å². The number of benzene rings is 1. The Morgan fingerprint density at radius 2 is 1.68 bits per heavy atom.